The van der Waals surface area contributed by atoms with E-state index in [1.807, 2.05) is 0 Å². The first kappa shape index (κ1) is 10.4. The van der Waals surface area contributed by atoms with Crippen molar-refractivity contribution in [2.75, 3.05) is 19.8 Å². The van der Waals surface area contributed by atoms with Crippen LogP contribution in [0.15, 0.2) is 0 Å². The first-order valence-corrected chi connectivity index (χ1v) is 5.72. The second-order valence-electron chi connectivity index (χ2n) is 4.90. The van der Waals surface area contributed by atoms with Gasteiger partial charge in [0.15, 0.2) is 0 Å². The van der Waals surface area contributed by atoms with Crippen LogP contribution in [0.4, 0.5) is 0 Å². The van der Waals surface area contributed by atoms with Crippen molar-refractivity contribution in [1.82, 2.24) is 5.32 Å². The van der Waals surface area contributed by atoms with Crippen LogP contribution in [0.3, 0.4) is 0 Å². The zero-order valence-electron chi connectivity index (χ0n) is 8.96. The summed E-state index contributed by atoms with van der Waals surface area (Å²) in [5, 5.41) is 13.0. The molecule has 3 heteroatoms. The molecule has 1 heterocycles. The summed E-state index contributed by atoms with van der Waals surface area (Å²) in [5.74, 6) is 0.872. The summed E-state index contributed by atoms with van der Waals surface area (Å²) in [6.07, 6.45) is 4.89. The van der Waals surface area contributed by atoms with Crippen LogP contribution in [0, 0.1) is 5.92 Å². The van der Waals surface area contributed by atoms with Gasteiger partial charge in [-0.3, -0.25) is 0 Å². The van der Waals surface area contributed by atoms with E-state index in [1.54, 1.807) is 0 Å². The largest absolute Gasteiger partial charge is 0.394 e. The van der Waals surface area contributed by atoms with Crippen molar-refractivity contribution in [3.63, 3.8) is 0 Å². The lowest BCUT2D eigenvalue weighted by atomic mass is 9.87. The molecule has 0 bridgehead atoms. The maximum absolute atomic E-state index is 9.47. The van der Waals surface area contributed by atoms with Gasteiger partial charge < -0.3 is 15.2 Å². The van der Waals surface area contributed by atoms with E-state index in [9.17, 15) is 5.11 Å². The van der Waals surface area contributed by atoms with Gasteiger partial charge in [0.1, 0.15) is 0 Å². The second kappa shape index (κ2) is 4.17. The summed E-state index contributed by atoms with van der Waals surface area (Å²) in [6.45, 7) is 4.18. The predicted molar refractivity (Wildman–Crippen MR) is 55.2 cm³/mol. The smallest absolute Gasteiger partial charge is 0.0615 e. The van der Waals surface area contributed by atoms with Crippen LogP contribution in [-0.2, 0) is 4.74 Å². The summed E-state index contributed by atoms with van der Waals surface area (Å²) in [5.41, 5.74) is -0.0553. The van der Waals surface area contributed by atoms with Gasteiger partial charge >= 0.3 is 0 Å². The molecule has 0 radical (unpaired) electrons. The van der Waals surface area contributed by atoms with Gasteiger partial charge in [0, 0.05) is 12.1 Å². The molecule has 0 aromatic rings. The van der Waals surface area contributed by atoms with Gasteiger partial charge in [-0.1, -0.05) is 0 Å². The average Bonchev–Trinajstić information content (AvgIpc) is 2.98. The maximum atomic E-state index is 9.47. The lowest BCUT2D eigenvalue weighted by Gasteiger charge is -2.39. The highest BCUT2D eigenvalue weighted by Crippen LogP contribution is 2.30. The first-order chi connectivity index (χ1) is 6.74. The minimum atomic E-state index is -0.0553. The standard InChI is InChI=1S/C11H21NO2/c1-9-6-11(8-13,4-5-14-9)12-7-10-2-3-10/h9-10,12-13H,2-8H2,1H3. The van der Waals surface area contributed by atoms with E-state index < -0.39 is 0 Å². The molecular weight excluding hydrogens is 178 g/mol. The van der Waals surface area contributed by atoms with Crippen molar-refractivity contribution >= 4 is 0 Å². The van der Waals surface area contributed by atoms with Gasteiger partial charge in [-0.25, -0.2) is 0 Å². The fraction of sp³-hybridized carbons (Fsp3) is 1.00. The summed E-state index contributed by atoms with van der Waals surface area (Å²) >= 11 is 0. The lowest BCUT2D eigenvalue weighted by molar-refractivity contribution is -0.0360. The van der Waals surface area contributed by atoms with Gasteiger partial charge in [-0.15, -0.1) is 0 Å². The number of hydrogen-bond donors (Lipinski definition) is 2. The van der Waals surface area contributed by atoms with Gasteiger partial charge in [-0.05, 0) is 45.1 Å². The molecule has 2 fully saturated rings. The van der Waals surface area contributed by atoms with Crippen molar-refractivity contribution in [2.45, 2.75) is 44.2 Å². The number of rotatable bonds is 4. The Kier molecular flexibility index (Phi) is 3.10. The molecule has 0 amide bonds. The summed E-state index contributed by atoms with van der Waals surface area (Å²) in [4.78, 5) is 0. The summed E-state index contributed by atoms with van der Waals surface area (Å²) in [6, 6.07) is 0. The monoisotopic (exact) mass is 199 g/mol. The molecule has 1 aliphatic carbocycles. The molecule has 0 aromatic heterocycles. The predicted octanol–water partition coefficient (Wildman–Crippen LogP) is 0.916. The molecule has 1 aliphatic heterocycles. The van der Waals surface area contributed by atoms with Gasteiger partial charge in [0.2, 0.25) is 0 Å². The van der Waals surface area contributed by atoms with Crippen molar-refractivity contribution in [2.24, 2.45) is 5.92 Å². The molecule has 2 unspecified atom stereocenters. The van der Waals surface area contributed by atoms with Gasteiger partial charge in [0.05, 0.1) is 12.7 Å². The normalized spacial score (nSPS) is 38.6. The molecule has 2 atom stereocenters. The Morgan fingerprint density at radius 2 is 2.29 bits per heavy atom. The fourth-order valence-corrected chi connectivity index (χ4v) is 2.21. The van der Waals surface area contributed by atoms with E-state index in [4.69, 9.17) is 4.74 Å². The third-order valence-electron chi connectivity index (χ3n) is 3.43. The third-order valence-corrected chi connectivity index (χ3v) is 3.43. The zero-order chi connectivity index (χ0) is 10.0. The number of ether oxygens (including phenoxy) is 1. The summed E-state index contributed by atoms with van der Waals surface area (Å²) in [7, 11) is 0. The van der Waals surface area contributed by atoms with E-state index in [-0.39, 0.29) is 18.2 Å². The number of hydrogen-bond acceptors (Lipinski definition) is 3. The Labute approximate surface area is 85.8 Å². The van der Waals surface area contributed by atoms with Crippen molar-refractivity contribution in [3.05, 3.63) is 0 Å². The van der Waals surface area contributed by atoms with E-state index in [1.165, 1.54) is 12.8 Å². The Balaban J connectivity index is 1.85. The highest BCUT2D eigenvalue weighted by molar-refractivity contribution is 4.93. The van der Waals surface area contributed by atoms with Crippen LogP contribution < -0.4 is 5.32 Å². The Hall–Kier alpha value is -0.120. The number of aliphatic hydroxyl groups is 1. The topological polar surface area (TPSA) is 41.5 Å². The molecular formula is C11H21NO2. The van der Waals surface area contributed by atoms with Gasteiger partial charge in [0.25, 0.3) is 0 Å². The third kappa shape index (κ3) is 2.47. The van der Waals surface area contributed by atoms with Crippen molar-refractivity contribution in [3.8, 4) is 0 Å². The van der Waals surface area contributed by atoms with Crippen LogP contribution in [0.2, 0.25) is 0 Å². The Morgan fingerprint density at radius 1 is 1.50 bits per heavy atom. The SMILES string of the molecule is CC1CC(CO)(NCC2CC2)CCO1. The Bertz CT molecular complexity index is 194. The first-order valence-electron chi connectivity index (χ1n) is 5.72. The van der Waals surface area contributed by atoms with Crippen LogP contribution in [0.25, 0.3) is 0 Å². The Morgan fingerprint density at radius 3 is 2.86 bits per heavy atom. The highest BCUT2D eigenvalue weighted by Gasteiger charge is 2.36. The minimum Gasteiger partial charge on any atom is -0.394 e. The van der Waals surface area contributed by atoms with Crippen molar-refractivity contribution in [1.29, 1.82) is 0 Å². The van der Waals surface area contributed by atoms with Crippen LogP contribution >= 0.6 is 0 Å². The number of aliphatic hydroxyl groups excluding tert-OH is 1. The van der Waals surface area contributed by atoms with Crippen LogP contribution in [-0.4, -0.2) is 36.5 Å². The molecule has 0 spiro atoms. The molecule has 3 nitrogen and oxygen atoms in total. The zero-order valence-corrected chi connectivity index (χ0v) is 8.96. The molecule has 2 N–H and O–H groups in total. The quantitative estimate of drug-likeness (QED) is 0.707. The minimum absolute atomic E-state index is 0.0553. The van der Waals surface area contributed by atoms with E-state index in [2.05, 4.69) is 12.2 Å². The molecule has 1 saturated carbocycles. The molecule has 82 valence electrons. The number of nitrogens with one attached hydrogen (secondary N) is 1. The fourth-order valence-electron chi connectivity index (χ4n) is 2.21. The molecule has 1 saturated heterocycles. The molecule has 0 aromatic carbocycles. The average molecular weight is 199 g/mol. The summed E-state index contributed by atoms with van der Waals surface area (Å²) < 4.78 is 5.51. The maximum Gasteiger partial charge on any atom is 0.0615 e. The molecule has 2 rings (SSSR count). The van der Waals surface area contributed by atoms with E-state index >= 15 is 0 Å². The van der Waals surface area contributed by atoms with Crippen LogP contribution in [0.5, 0.6) is 0 Å². The van der Waals surface area contributed by atoms with Crippen LogP contribution in [0.1, 0.15) is 32.6 Å². The molecule has 2 aliphatic rings. The second-order valence-corrected chi connectivity index (χ2v) is 4.90. The molecule has 14 heavy (non-hydrogen) atoms. The van der Waals surface area contributed by atoms with E-state index in [0.717, 1.165) is 31.9 Å². The van der Waals surface area contributed by atoms with Gasteiger partial charge in [-0.2, -0.15) is 0 Å². The van der Waals surface area contributed by atoms with Crippen molar-refractivity contribution < 1.29 is 9.84 Å². The highest BCUT2D eigenvalue weighted by atomic mass is 16.5. The van der Waals surface area contributed by atoms with E-state index in [0.29, 0.717) is 0 Å². The lowest BCUT2D eigenvalue weighted by Crippen LogP contribution is -2.54.